The highest BCUT2D eigenvalue weighted by molar-refractivity contribution is 6.00. The minimum Gasteiger partial charge on any atom is -0.371 e. The molecule has 0 atom stereocenters. The third kappa shape index (κ3) is 4.15. The lowest BCUT2D eigenvalue weighted by Crippen LogP contribution is -2.49. The lowest BCUT2D eigenvalue weighted by Gasteiger charge is -2.36. The molecule has 0 N–H and O–H groups in total. The van der Waals surface area contributed by atoms with Gasteiger partial charge in [-0.1, -0.05) is 13.8 Å². The van der Waals surface area contributed by atoms with Crippen molar-refractivity contribution in [1.29, 1.82) is 0 Å². The predicted molar refractivity (Wildman–Crippen MR) is 102 cm³/mol. The van der Waals surface area contributed by atoms with Crippen LogP contribution < -0.4 is 4.90 Å². The van der Waals surface area contributed by atoms with Gasteiger partial charge in [0.15, 0.2) is 0 Å². The van der Waals surface area contributed by atoms with E-state index in [-0.39, 0.29) is 11.6 Å². The van der Waals surface area contributed by atoms with E-state index in [1.807, 2.05) is 4.90 Å². The quantitative estimate of drug-likeness (QED) is 0.596. The zero-order valence-corrected chi connectivity index (χ0v) is 15.7. The summed E-state index contributed by atoms with van der Waals surface area (Å²) in [6, 6.07) is 4.70. The van der Waals surface area contributed by atoms with E-state index in [1.165, 1.54) is 12.1 Å². The molecule has 0 spiro atoms. The van der Waals surface area contributed by atoms with Gasteiger partial charge in [0.2, 0.25) is 0 Å². The number of hydrogen-bond acceptors (Lipinski definition) is 5. The number of amides is 1. The molecule has 1 aromatic rings. The summed E-state index contributed by atoms with van der Waals surface area (Å²) in [6.45, 7) is 10.3. The average Bonchev–Trinajstić information content (AvgIpc) is 3.15. The third-order valence-electron chi connectivity index (χ3n) is 5.15. The highest BCUT2D eigenvalue weighted by atomic mass is 16.6. The van der Waals surface area contributed by atoms with E-state index < -0.39 is 4.92 Å². The molecule has 7 nitrogen and oxygen atoms in total. The fraction of sp³-hybridized carbons (Fsp3) is 0.632. The molecule has 1 amide bonds. The van der Waals surface area contributed by atoms with Crippen molar-refractivity contribution < 1.29 is 9.72 Å². The molecule has 2 aliphatic heterocycles. The highest BCUT2D eigenvalue weighted by Crippen LogP contribution is 2.29. The van der Waals surface area contributed by atoms with Crippen LogP contribution in [0.4, 0.5) is 11.4 Å². The number of nitro groups is 1. The molecular formula is C19H28N4O3. The fourth-order valence-corrected chi connectivity index (χ4v) is 3.86. The summed E-state index contributed by atoms with van der Waals surface area (Å²) in [4.78, 5) is 30.3. The average molecular weight is 360 g/mol. The molecule has 1 aromatic carbocycles. The molecule has 26 heavy (non-hydrogen) atoms. The summed E-state index contributed by atoms with van der Waals surface area (Å²) in [5, 5.41) is 11.2. The Bertz CT molecular complexity index is 663. The van der Waals surface area contributed by atoms with Crippen molar-refractivity contribution in [3.05, 3.63) is 33.9 Å². The minimum atomic E-state index is -0.425. The van der Waals surface area contributed by atoms with Gasteiger partial charge in [-0.15, -0.1) is 0 Å². The second kappa shape index (κ2) is 8.03. The Morgan fingerprint density at radius 2 is 1.77 bits per heavy atom. The number of anilines is 1. The normalized spacial score (nSPS) is 18.6. The number of hydrogen-bond donors (Lipinski definition) is 0. The van der Waals surface area contributed by atoms with Gasteiger partial charge in [0, 0.05) is 57.9 Å². The summed E-state index contributed by atoms with van der Waals surface area (Å²) < 4.78 is 0. The lowest BCUT2D eigenvalue weighted by atomic mass is 10.1. The maximum absolute atomic E-state index is 13.1. The predicted octanol–water partition coefficient (Wildman–Crippen LogP) is 2.61. The van der Waals surface area contributed by atoms with Crippen LogP contribution >= 0.6 is 0 Å². The number of benzene rings is 1. The maximum atomic E-state index is 13.1. The first kappa shape index (κ1) is 18.6. The van der Waals surface area contributed by atoms with Crippen LogP contribution in [0.2, 0.25) is 0 Å². The summed E-state index contributed by atoms with van der Waals surface area (Å²) in [5.74, 6) is 0.524. The van der Waals surface area contributed by atoms with Gasteiger partial charge in [-0.3, -0.25) is 19.8 Å². The van der Waals surface area contributed by atoms with E-state index in [9.17, 15) is 14.9 Å². The fourth-order valence-electron chi connectivity index (χ4n) is 3.86. The van der Waals surface area contributed by atoms with Crippen LogP contribution in [0, 0.1) is 16.0 Å². The smallest absolute Gasteiger partial charge is 0.270 e. The number of non-ortho nitro benzene ring substituents is 1. The summed E-state index contributed by atoms with van der Waals surface area (Å²) in [7, 11) is 0. The Labute approximate surface area is 154 Å². The van der Waals surface area contributed by atoms with Crippen molar-refractivity contribution in [2.45, 2.75) is 26.7 Å². The Kier molecular flexibility index (Phi) is 5.76. The SMILES string of the molecule is CC(C)CN1CCN(C(=O)c2cc([N+](=O)[O-])ccc2N2CCCC2)CC1. The van der Waals surface area contributed by atoms with Crippen LogP contribution in [0.25, 0.3) is 0 Å². The Hall–Kier alpha value is -2.15. The summed E-state index contributed by atoms with van der Waals surface area (Å²) >= 11 is 0. The zero-order valence-electron chi connectivity index (χ0n) is 15.7. The third-order valence-corrected chi connectivity index (χ3v) is 5.15. The van der Waals surface area contributed by atoms with Crippen LogP contribution in [0.3, 0.4) is 0 Å². The molecular weight excluding hydrogens is 332 g/mol. The van der Waals surface area contributed by atoms with Gasteiger partial charge in [-0.25, -0.2) is 0 Å². The van der Waals surface area contributed by atoms with Gasteiger partial charge in [0.25, 0.3) is 11.6 Å². The summed E-state index contributed by atoms with van der Waals surface area (Å²) in [5.41, 5.74) is 1.29. The standard InChI is InChI=1S/C19H28N4O3/c1-15(2)14-20-9-11-22(12-10-20)19(24)17-13-16(23(25)26)5-6-18(17)21-7-3-4-8-21/h5-6,13,15H,3-4,7-12,14H2,1-2H3. The van der Waals surface area contributed by atoms with E-state index in [4.69, 9.17) is 0 Å². The topological polar surface area (TPSA) is 69.9 Å². The van der Waals surface area contributed by atoms with Crippen molar-refractivity contribution in [2.24, 2.45) is 5.92 Å². The van der Waals surface area contributed by atoms with Crippen LogP contribution in [0.5, 0.6) is 0 Å². The number of rotatable bonds is 5. The van der Waals surface area contributed by atoms with Crippen molar-refractivity contribution in [1.82, 2.24) is 9.80 Å². The number of piperazine rings is 1. The molecule has 7 heteroatoms. The molecule has 2 fully saturated rings. The molecule has 0 saturated carbocycles. The molecule has 0 aliphatic carbocycles. The van der Waals surface area contributed by atoms with Gasteiger partial charge in [0.1, 0.15) is 0 Å². The first-order chi connectivity index (χ1) is 12.5. The second-order valence-electron chi connectivity index (χ2n) is 7.64. The molecule has 0 radical (unpaired) electrons. The largest absolute Gasteiger partial charge is 0.371 e. The Morgan fingerprint density at radius 3 is 2.35 bits per heavy atom. The molecule has 2 saturated heterocycles. The van der Waals surface area contributed by atoms with Gasteiger partial charge in [0.05, 0.1) is 16.2 Å². The minimum absolute atomic E-state index is 0.0188. The number of carbonyl (C=O) groups excluding carboxylic acids is 1. The number of nitrogens with zero attached hydrogens (tertiary/aromatic N) is 4. The van der Waals surface area contributed by atoms with Gasteiger partial charge in [-0.05, 0) is 24.8 Å². The van der Waals surface area contributed by atoms with Crippen molar-refractivity contribution >= 4 is 17.3 Å². The van der Waals surface area contributed by atoms with Crippen LogP contribution in [-0.4, -0.2) is 66.4 Å². The second-order valence-corrected chi connectivity index (χ2v) is 7.64. The Balaban J connectivity index is 1.79. The lowest BCUT2D eigenvalue weighted by molar-refractivity contribution is -0.384. The zero-order chi connectivity index (χ0) is 18.7. The van der Waals surface area contributed by atoms with Crippen molar-refractivity contribution in [3.63, 3.8) is 0 Å². The van der Waals surface area contributed by atoms with E-state index in [1.54, 1.807) is 6.07 Å². The number of nitro benzene ring substituents is 1. The Morgan fingerprint density at radius 1 is 1.12 bits per heavy atom. The molecule has 0 unspecified atom stereocenters. The van der Waals surface area contributed by atoms with E-state index in [2.05, 4.69) is 23.6 Å². The molecule has 0 bridgehead atoms. The highest BCUT2D eigenvalue weighted by Gasteiger charge is 2.28. The first-order valence-electron chi connectivity index (χ1n) is 9.50. The first-order valence-corrected chi connectivity index (χ1v) is 9.50. The van der Waals surface area contributed by atoms with Crippen LogP contribution in [-0.2, 0) is 0 Å². The van der Waals surface area contributed by atoms with Gasteiger partial charge >= 0.3 is 0 Å². The van der Waals surface area contributed by atoms with Gasteiger partial charge < -0.3 is 9.80 Å². The molecule has 2 aliphatic rings. The van der Waals surface area contributed by atoms with Crippen LogP contribution in [0.15, 0.2) is 18.2 Å². The van der Waals surface area contributed by atoms with Gasteiger partial charge in [-0.2, -0.15) is 0 Å². The maximum Gasteiger partial charge on any atom is 0.270 e. The number of carbonyl (C=O) groups is 1. The molecule has 0 aromatic heterocycles. The summed E-state index contributed by atoms with van der Waals surface area (Å²) in [6.07, 6.45) is 2.19. The van der Waals surface area contributed by atoms with E-state index in [0.717, 1.165) is 51.3 Å². The van der Waals surface area contributed by atoms with Crippen LogP contribution in [0.1, 0.15) is 37.0 Å². The van der Waals surface area contributed by atoms with Crippen molar-refractivity contribution in [2.75, 3.05) is 50.7 Å². The van der Waals surface area contributed by atoms with E-state index >= 15 is 0 Å². The molecule has 142 valence electrons. The molecule has 2 heterocycles. The monoisotopic (exact) mass is 360 g/mol. The molecule has 3 rings (SSSR count). The van der Waals surface area contributed by atoms with E-state index in [0.29, 0.717) is 24.6 Å². The van der Waals surface area contributed by atoms with Crippen molar-refractivity contribution in [3.8, 4) is 0 Å².